The lowest BCUT2D eigenvalue weighted by Gasteiger charge is -2.27. The second-order valence-electron chi connectivity index (χ2n) is 11.3. The van der Waals surface area contributed by atoms with Crippen LogP contribution in [0.3, 0.4) is 0 Å². The molecule has 1 aliphatic rings. The van der Waals surface area contributed by atoms with E-state index in [0.29, 0.717) is 35.2 Å². The molecule has 0 spiro atoms. The van der Waals surface area contributed by atoms with Crippen LogP contribution in [0.5, 0.6) is 0 Å². The first kappa shape index (κ1) is 28.9. The van der Waals surface area contributed by atoms with Crippen molar-refractivity contribution in [1.29, 1.82) is 0 Å². The van der Waals surface area contributed by atoms with E-state index in [-0.39, 0.29) is 30.8 Å². The van der Waals surface area contributed by atoms with Gasteiger partial charge in [0, 0.05) is 41.3 Å². The van der Waals surface area contributed by atoms with Crippen molar-refractivity contribution >= 4 is 28.7 Å². The normalized spacial score (nSPS) is 14.1. The maximum Gasteiger partial charge on any atom is 0.305 e. The monoisotopic (exact) mass is 585 g/mol. The number of carboxylic acid groups (broad SMARTS) is 1. The molecule has 4 aromatic carbocycles. The number of benzene rings is 4. The summed E-state index contributed by atoms with van der Waals surface area (Å²) in [5.41, 5.74) is 6.72. The molecule has 1 aliphatic carbocycles. The number of hydrogen-bond acceptors (Lipinski definition) is 3. The Labute approximate surface area is 256 Å². The SMILES string of the molecule is O=C(O)CCN(CCc1c[nH]c2ccccc12)C(=O)c1ccccc1-c1ccccc1C(=O)NC1CCCc2ccccc21. The lowest BCUT2D eigenvalue weighted by Crippen LogP contribution is -2.35. The predicted octanol–water partition coefficient (Wildman–Crippen LogP) is 6.80. The third-order valence-electron chi connectivity index (χ3n) is 8.50. The summed E-state index contributed by atoms with van der Waals surface area (Å²) in [5.74, 6) is -1.42. The average molecular weight is 586 g/mol. The molecular formula is C37H35N3O4. The van der Waals surface area contributed by atoms with Crippen molar-refractivity contribution in [1.82, 2.24) is 15.2 Å². The molecule has 3 N–H and O–H groups in total. The maximum atomic E-state index is 14.1. The van der Waals surface area contributed by atoms with Crippen molar-refractivity contribution in [2.75, 3.05) is 13.1 Å². The summed E-state index contributed by atoms with van der Waals surface area (Å²) in [4.78, 5) is 44.3. The molecule has 6 rings (SSSR count). The van der Waals surface area contributed by atoms with E-state index in [4.69, 9.17) is 0 Å². The molecule has 44 heavy (non-hydrogen) atoms. The van der Waals surface area contributed by atoms with E-state index < -0.39 is 5.97 Å². The van der Waals surface area contributed by atoms with Crippen LogP contribution >= 0.6 is 0 Å². The highest BCUT2D eigenvalue weighted by molar-refractivity contribution is 6.06. The molecule has 7 nitrogen and oxygen atoms in total. The number of rotatable bonds is 10. The van der Waals surface area contributed by atoms with Crippen LogP contribution in [-0.2, 0) is 17.6 Å². The first-order chi connectivity index (χ1) is 21.5. The number of aryl methyl sites for hydroxylation is 1. The van der Waals surface area contributed by atoms with Gasteiger partial charge in [0.1, 0.15) is 0 Å². The number of carboxylic acids is 1. The maximum absolute atomic E-state index is 14.1. The van der Waals surface area contributed by atoms with Crippen LogP contribution in [0, 0.1) is 0 Å². The Morgan fingerprint density at radius 2 is 1.50 bits per heavy atom. The third-order valence-corrected chi connectivity index (χ3v) is 8.50. The van der Waals surface area contributed by atoms with E-state index in [2.05, 4.69) is 22.4 Å². The fourth-order valence-corrected chi connectivity index (χ4v) is 6.27. The number of nitrogens with one attached hydrogen (secondary N) is 2. The standard InChI is InChI=1S/C37H35N3O4/c41-35(42)21-23-40(22-20-26-24-38-33-18-8-7-13-28(26)33)37(44)32-17-6-4-15-30(32)29-14-3-5-16-31(29)36(43)39-34-19-9-11-25-10-1-2-12-27(25)34/h1-8,10,12-18,24,34,38H,9,11,19-23H2,(H,39,43)(H,41,42). The number of aromatic nitrogens is 1. The Morgan fingerprint density at radius 3 is 2.32 bits per heavy atom. The first-order valence-electron chi connectivity index (χ1n) is 15.1. The van der Waals surface area contributed by atoms with Gasteiger partial charge in [0.05, 0.1) is 12.5 Å². The van der Waals surface area contributed by atoms with Gasteiger partial charge in [-0.1, -0.05) is 78.9 Å². The summed E-state index contributed by atoms with van der Waals surface area (Å²) in [7, 11) is 0. The minimum Gasteiger partial charge on any atom is -0.481 e. The molecule has 0 fully saturated rings. The highest BCUT2D eigenvalue weighted by Gasteiger charge is 2.25. The van der Waals surface area contributed by atoms with Crippen LogP contribution in [0.2, 0.25) is 0 Å². The number of nitrogens with zero attached hydrogens (tertiary/aromatic N) is 1. The van der Waals surface area contributed by atoms with Gasteiger partial charge in [0.15, 0.2) is 0 Å². The van der Waals surface area contributed by atoms with Gasteiger partial charge in [-0.2, -0.15) is 0 Å². The number of hydrogen-bond donors (Lipinski definition) is 3. The largest absolute Gasteiger partial charge is 0.481 e. The highest BCUT2D eigenvalue weighted by Crippen LogP contribution is 2.32. The molecule has 222 valence electrons. The average Bonchev–Trinajstić information content (AvgIpc) is 3.47. The van der Waals surface area contributed by atoms with Crippen molar-refractivity contribution in [3.05, 3.63) is 131 Å². The number of H-pyrrole nitrogens is 1. The minimum atomic E-state index is -0.963. The number of amides is 2. The van der Waals surface area contributed by atoms with Gasteiger partial charge in [-0.05, 0) is 71.7 Å². The quantitative estimate of drug-likeness (QED) is 0.168. The third kappa shape index (κ3) is 6.13. The lowest BCUT2D eigenvalue weighted by atomic mass is 9.87. The topological polar surface area (TPSA) is 102 Å². The summed E-state index contributed by atoms with van der Waals surface area (Å²) >= 11 is 0. The van der Waals surface area contributed by atoms with Crippen LogP contribution in [0.4, 0.5) is 0 Å². The molecule has 1 aromatic heterocycles. The Balaban J connectivity index is 1.28. The molecule has 1 heterocycles. The van der Waals surface area contributed by atoms with E-state index in [1.807, 2.05) is 72.9 Å². The molecule has 1 unspecified atom stereocenters. The number of carbonyl (C=O) groups excluding carboxylic acids is 2. The summed E-state index contributed by atoms with van der Waals surface area (Å²) in [6.07, 6.45) is 5.23. The van der Waals surface area contributed by atoms with Crippen molar-refractivity contribution in [3.63, 3.8) is 0 Å². The van der Waals surface area contributed by atoms with Gasteiger partial charge in [0.2, 0.25) is 0 Å². The van der Waals surface area contributed by atoms with Gasteiger partial charge < -0.3 is 20.3 Å². The Bertz CT molecular complexity index is 1820. The van der Waals surface area contributed by atoms with Gasteiger partial charge in [-0.15, -0.1) is 0 Å². The molecule has 0 saturated carbocycles. The smallest absolute Gasteiger partial charge is 0.305 e. The van der Waals surface area contributed by atoms with Gasteiger partial charge in [0.25, 0.3) is 11.8 Å². The number of fused-ring (bicyclic) bond motifs is 2. The second kappa shape index (κ2) is 13.0. The van der Waals surface area contributed by atoms with E-state index in [1.54, 1.807) is 23.1 Å². The van der Waals surface area contributed by atoms with Gasteiger partial charge in [-0.25, -0.2) is 0 Å². The summed E-state index contributed by atoms with van der Waals surface area (Å²) < 4.78 is 0. The Morgan fingerprint density at radius 1 is 0.818 bits per heavy atom. The summed E-state index contributed by atoms with van der Waals surface area (Å²) in [5, 5.41) is 13.8. The predicted molar refractivity (Wildman–Crippen MR) is 172 cm³/mol. The zero-order valence-corrected chi connectivity index (χ0v) is 24.5. The molecule has 1 atom stereocenters. The molecular weight excluding hydrogens is 550 g/mol. The molecule has 0 saturated heterocycles. The molecule has 5 aromatic rings. The fraction of sp³-hybridized carbons (Fsp3) is 0.216. The molecule has 2 amide bonds. The van der Waals surface area contributed by atoms with E-state index >= 15 is 0 Å². The van der Waals surface area contributed by atoms with Crippen molar-refractivity contribution in [2.24, 2.45) is 0 Å². The van der Waals surface area contributed by atoms with E-state index in [1.165, 1.54) is 5.56 Å². The summed E-state index contributed by atoms with van der Waals surface area (Å²) in [6, 6.07) is 30.8. The minimum absolute atomic E-state index is 0.0756. The lowest BCUT2D eigenvalue weighted by molar-refractivity contribution is -0.137. The van der Waals surface area contributed by atoms with Crippen LogP contribution < -0.4 is 5.32 Å². The van der Waals surface area contributed by atoms with Crippen molar-refractivity contribution in [2.45, 2.75) is 38.1 Å². The fourth-order valence-electron chi connectivity index (χ4n) is 6.27. The molecule has 0 aliphatic heterocycles. The van der Waals surface area contributed by atoms with E-state index in [0.717, 1.165) is 41.3 Å². The molecule has 0 radical (unpaired) electrons. The number of carbonyl (C=O) groups is 3. The Kier molecular flexibility index (Phi) is 8.55. The first-order valence-corrected chi connectivity index (χ1v) is 15.1. The zero-order chi connectivity index (χ0) is 30.5. The second-order valence-corrected chi connectivity index (χ2v) is 11.3. The van der Waals surface area contributed by atoms with Gasteiger partial charge in [-0.3, -0.25) is 14.4 Å². The highest BCUT2D eigenvalue weighted by atomic mass is 16.4. The van der Waals surface area contributed by atoms with Crippen LogP contribution in [0.15, 0.2) is 103 Å². The number of aliphatic carboxylic acids is 1. The van der Waals surface area contributed by atoms with Crippen LogP contribution in [-0.4, -0.2) is 45.9 Å². The zero-order valence-electron chi connectivity index (χ0n) is 24.5. The van der Waals surface area contributed by atoms with Crippen LogP contribution in [0.1, 0.15) is 62.7 Å². The van der Waals surface area contributed by atoms with Crippen LogP contribution in [0.25, 0.3) is 22.0 Å². The van der Waals surface area contributed by atoms with Crippen molar-refractivity contribution < 1.29 is 19.5 Å². The van der Waals surface area contributed by atoms with Gasteiger partial charge >= 0.3 is 5.97 Å². The number of aromatic amines is 1. The summed E-state index contributed by atoms with van der Waals surface area (Å²) in [6.45, 7) is 0.430. The number of para-hydroxylation sites is 1. The van der Waals surface area contributed by atoms with Crippen molar-refractivity contribution in [3.8, 4) is 11.1 Å². The Hall–Kier alpha value is -5.17. The van der Waals surface area contributed by atoms with E-state index in [9.17, 15) is 19.5 Å². The molecule has 7 heteroatoms. The molecule has 0 bridgehead atoms.